The molecule has 2 aromatic carbocycles. The number of halogens is 3. The molecule has 0 radical (unpaired) electrons. The molecule has 4 aromatic rings. The molecular formula is C44H57F3N10O7. The smallest absolute Gasteiger partial charge is 0.475 e. The van der Waals surface area contributed by atoms with Crippen molar-refractivity contribution in [1.82, 2.24) is 41.1 Å². The van der Waals surface area contributed by atoms with Gasteiger partial charge in [-0.15, -0.1) is 10.2 Å². The number of alkyl halides is 3. The molecule has 64 heavy (non-hydrogen) atoms. The van der Waals surface area contributed by atoms with Gasteiger partial charge in [0.2, 0.25) is 17.6 Å². The van der Waals surface area contributed by atoms with Crippen LogP contribution in [-0.2, 0) is 25.5 Å². The Hall–Kier alpha value is -6.44. The van der Waals surface area contributed by atoms with Gasteiger partial charge in [-0.1, -0.05) is 44.2 Å². The normalized spacial score (nSPS) is 15.6. The van der Waals surface area contributed by atoms with Gasteiger partial charge in [-0.25, -0.2) is 14.6 Å². The van der Waals surface area contributed by atoms with Gasteiger partial charge in [0.25, 0.3) is 5.91 Å². The van der Waals surface area contributed by atoms with Gasteiger partial charge in [0, 0.05) is 54.5 Å². The number of hydrogen-bond acceptors (Lipinski definition) is 11. The largest absolute Gasteiger partial charge is 0.490 e. The van der Waals surface area contributed by atoms with Crippen molar-refractivity contribution in [3.05, 3.63) is 77.6 Å². The number of aromatic nitrogens is 5. The van der Waals surface area contributed by atoms with Crippen molar-refractivity contribution in [2.45, 2.75) is 91.5 Å². The van der Waals surface area contributed by atoms with Crippen molar-refractivity contribution in [3.63, 3.8) is 0 Å². The molecule has 17 nitrogen and oxygen atoms in total. The lowest BCUT2D eigenvalue weighted by molar-refractivity contribution is -0.192. The van der Waals surface area contributed by atoms with Crippen molar-refractivity contribution >= 4 is 35.5 Å². The molecule has 1 saturated carbocycles. The van der Waals surface area contributed by atoms with Crippen molar-refractivity contribution in [1.29, 1.82) is 0 Å². The van der Waals surface area contributed by atoms with E-state index in [4.69, 9.17) is 20.4 Å². The molecule has 20 heteroatoms. The number of amides is 4. The number of pyridine rings is 1. The molecular weight excluding hydrogens is 838 g/mol. The molecule has 1 atom stereocenters. The Morgan fingerprint density at radius 1 is 0.906 bits per heavy atom. The van der Waals surface area contributed by atoms with E-state index in [9.17, 15) is 32.3 Å². The summed E-state index contributed by atoms with van der Waals surface area (Å²) < 4.78 is 37.1. The number of benzene rings is 2. The fraction of sp³-hybridized carbons (Fsp3) is 0.477. The molecule has 1 fully saturated rings. The third kappa shape index (κ3) is 14.8. The predicted octanol–water partition coefficient (Wildman–Crippen LogP) is 5.70. The van der Waals surface area contributed by atoms with Crippen LogP contribution in [0, 0.1) is 18.8 Å². The standard InChI is InChI=1S/C42H56N10O5.C2HF3O2/c1-7-51(8-2)24-23-44-39(54)35-22-21-34(27(3)46-35)30-13-9-28(10-14-30)25-36(37(43)53)52(33-19-17-31(18-20-33)38-47-49-50-48-38)40(55)32-15-11-29(12-16-32)26-45-41(56)57-42(4,5)6;3-2(4,5)1(6)7/h9-10,13-14,17-22,29,32,36H,7-8,11-12,15-16,23-26H2,1-6H3,(H2,43,53)(H,44,54)(H,45,56)(H,47,48,49,50);(H,6,7)/t29?,32?,36-;/m0./s1. The first-order valence-corrected chi connectivity index (χ1v) is 21.0. The van der Waals surface area contributed by atoms with Gasteiger partial charge < -0.3 is 31.1 Å². The van der Waals surface area contributed by atoms with E-state index in [1.54, 1.807) is 35.2 Å². The average molecular weight is 895 g/mol. The van der Waals surface area contributed by atoms with Gasteiger partial charge in [-0.2, -0.15) is 18.4 Å². The zero-order valence-corrected chi connectivity index (χ0v) is 36.9. The second-order valence-corrected chi connectivity index (χ2v) is 16.3. The van der Waals surface area contributed by atoms with E-state index in [0.717, 1.165) is 49.2 Å². The molecule has 0 aliphatic heterocycles. The number of aryl methyl sites for hydroxylation is 1. The minimum Gasteiger partial charge on any atom is -0.475 e. The summed E-state index contributed by atoms with van der Waals surface area (Å²) >= 11 is 0. The van der Waals surface area contributed by atoms with E-state index in [0.29, 0.717) is 54.4 Å². The minimum atomic E-state index is -5.08. The number of H-pyrrole nitrogens is 1. The van der Waals surface area contributed by atoms with Crippen LogP contribution in [0.2, 0.25) is 0 Å². The summed E-state index contributed by atoms with van der Waals surface area (Å²) in [7, 11) is 0. The summed E-state index contributed by atoms with van der Waals surface area (Å²) in [5.74, 6) is -3.52. The number of nitrogens with zero attached hydrogens (tertiary/aromatic N) is 6. The fourth-order valence-electron chi connectivity index (χ4n) is 7.18. The third-order valence-corrected chi connectivity index (χ3v) is 10.6. The molecule has 5 rings (SSSR count). The number of likely N-dealkylation sites (N-methyl/N-ethyl adjacent to an activating group) is 1. The number of ether oxygens (including phenoxy) is 1. The van der Waals surface area contributed by atoms with E-state index in [1.165, 1.54) is 0 Å². The summed E-state index contributed by atoms with van der Waals surface area (Å²) in [6.07, 6.45) is -2.69. The van der Waals surface area contributed by atoms with Crippen LogP contribution in [0.5, 0.6) is 0 Å². The SMILES string of the molecule is CCN(CC)CCNC(=O)c1ccc(-c2ccc(C[C@@H](C(N)=O)N(C(=O)C3CCC(CNC(=O)OC(C)(C)C)CC3)c3ccc(-c4nn[nH]n4)cc3)cc2)c(C)n1.O=C(O)C(F)(F)F. The molecule has 4 amide bonds. The number of nitrogens with two attached hydrogens (primary N) is 1. The van der Waals surface area contributed by atoms with Gasteiger partial charge in [-0.3, -0.25) is 19.3 Å². The van der Waals surface area contributed by atoms with Crippen LogP contribution in [0.3, 0.4) is 0 Å². The highest BCUT2D eigenvalue weighted by atomic mass is 19.4. The van der Waals surface area contributed by atoms with Crippen molar-refractivity contribution in [3.8, 4) is 22.5 Å². The number of aromatic amines is 1. The van der Waals surface area contributed by atoms with Crippen molar-refractivity contribution in [2.75, 3.05) is 37.6 Å². The maximum atomic E-state index is 14.5. The number of carboxylic acids is 1. The first kappa shape index (κ1) is 50.2. The molecule has 0 spiro atoms. The molecule has 2 heterocycles. The maximum absolute atomic E-state index is 14.5. The molecule has 2 aromatic heterocycles. The summed E-state index contributed by atoms with van der Waals surface area (Å²) in [5, 5.41) is 27.1. The Balaban J connectivity index is 0.00000118. The van der Waals surface area contributed by atoms with Gasteiger partial charge in [0.05, 0.1) is 0 Å². The number of primary amides is 1. The van der Waals surface area contributed by atoms with E-state index in [1.807, 2.05) is 58.0 Å². The first-order valence-electron chi connectivity index (χ1n) is 21.0. The zero-order valence-electron chi connectivity index (χ0n) is 36.9. The van der Waals surface area contributed by atoms with Crippen LogP contribution in [0.15, 0.2) is 60.7 Å². The molecule has 1 aliphatic rings. The highest BCUT2D eigenvalue weighted by Crippen LogP contribution is 2.33. The zero-order chi connectivity index (χ0) is 47.2. The monoisotopic (exact) mass is 894 g/mol. The van der Waals surface area contributed by atoms with Crippen LogP contribution in [0.25, 0.3) is 22.5 Å². The van der Waals surface area contributed by atoms with E-state index >= 15 is 0 Å². The van der Waals surface area contributed by atoms with Gasteiger partial charge in [-0.05, 0) is 119 Å². The molecule has 346 valence electrons. The number of carbonyl (C=O) groups excluding carboxylic acids is 4. The van der Waals surface area contributed by atoms with Crippen LogP contribution < -0.4 is 21.3 Å². The molecule has 0 bridgehead atoms. The minimum absolute atomic E-state index is 0.180. The Morgan fingerprint density at radius 2 is 1.52 bits per heavy atom. The lowest BCUT2D eigenvalue weighted by Crippen LogP contribution is -2.52. The fourth-order valence-corrected chi connectivity index (χ4v) is 7.18. The van der Waals surface area contributed by atoms with E-state index < -0.39 is 35.8 Å². The first-order chi connectivity index (χ1) is 30.2. The molecule has 0 unspecified atom stereocenters. The highest BCUT2D eigenvalue weighted by molar-refractivity contribution is 6.02. The average Bonchev–Trinajstić information content (AvgIpc) is 3.79. The Morgan fingerprint density at radius 3 is 2.03 bits per heavy atom. The van der Waals surface area contributed by atoms with Crippen molar-refractivity contribution in [2.24, 2.45) is 17.6 Å². The van der Waals surface area contributed by atoms with Gasteiger partial charge in [0.15, 0.2) is 0 Å². The van der Waals surface area contributed by atoms with Crippen LogP contribution in [-0.4, -0.2) is 116 Å². The predicted molar refractivity (Wildman–Crippen MR) is 232 cm³/mol. The van der Waals surface area contributed by atoms with Crippen LogP contribution in [0.4, 0.5) is 23.7 Å². The lowest BCUT2D eigenvalue weighted by Gasteiger charge is -2.36. The summed E-state index contributed by atoms with van der Waals surface area (Å²) in [6.45, 7) is 15.2. The van der Waals surface area contributed by atoms with Gasteiger partial charge >= 0.3 is 18.2 Å². The van der Waals surface area contributed by atoms with Crippen molar-refractivity contribution < 1.29 is 47.0 Å². The Kier molecular flexibility index (Phi) is 17.9. The quantitative estimate of drug-likeness (QED) is 0.0911. The maximum Gasteiger partial charge on any atom is 0.490 e. The number of aliphatic carboxylic acids is 1. The van der Waals surface area contributed by atoms with E-state index in [2.05, 4.69) is 55.0 Å². The second kappa shape index (κ2) is 22.8. The number of tetrazole rings is 1. The number of nitrogens with one attached hydrogen (secondary N) is 3. The topological polar surface area (TPSA) is 239 Å². The lowest BCUT2D eigenvalue weighted by atomic mass is 9.81. The Bertz CT molecular complexity index is 2170. The molecule has 1 aliphatic carbocycles. The third-order valence-electron chi connectivity index (χ3n) is 10.6. The summed E-state index contributed by atoms with van der Waals surface area (Å²) in [5.41, 5.74) is 10.4. The summed E-state index contributed by atoms with van der Waals surface area (Å²) in [4.78, 5) is 70.1. The Labute approximate surface area is 369 Å². The van der Waals surface area contributed by atoms with Crippen LogP contribution in [0.1, 0.15) is 82.0 Å². The summed E-state index contributed by atoms with van der Waals surface area (Å²) in [6, 6.07) is 17.5. The highest BCUT2D eigenvalue weighted by Gasteiger charge is 2.38. The van der Waals surface area contributed by atoms with Crippen LogP contribution >= 0.6 is 0 Å². The number of anilines is 1. The number of rotatable bonds is 16. The number of alkyl carbamates (subject to hydrolysis) is 1. The number of carbonyl (C=O) groups is 5. The molecule has 6 N–H and O–H groups in total. The number of carboxylic acid groups (broad SMARTS) is 1. The van der Waals surface area contributed by atoms with Gasteiger partial charge in [0.1, 0.15) is 17.3 Å². The number of hydrogen-bond donors (Lipinski definition) is 5. The second-order valence-electron chi connectivity index (χ2n) is 16.3. The van der Waals surface area contributed by atoms with E-state index in [-0.39, 0.29) is 30.1 Å². The molecule has 0 saturated heterocycles.